The van der Waals surface area contributed by atoms with Crippen LogP contribution in [0, 0.1) is 5.41 Å². The summed E-state index contributed by atoms with van der Waals surface area (Å²) in [6.07, 6.45) is 4.55. The molecule has 0 radical (unpaired) electrons. The number of rotatable bonds is 7. The zero-order valence-corrected chi connectivity index (χ0v) is 13.6. The Hall–Kier alpha value is -1.59. The van der Waals surface area contributed by atoms with Crippen LogP contribution in [0.3, 0.4) is 0 Å². The molecule has 1 aliphatic rings. The summed E-state index contributed by atoms with van der Waals surface area (Å²) in [6, 6.07) is 0.807. The lowest BCUT2D eigenvalue weighted by Gasteiger charge is -2.18. The zero-order chi connectivity index (χ0) is 15.3. The fraction of sp³-hybridized carbons (Fsp3) is 0.800. The van der Waals surface area contributed by atoms with Crippen molar-refractivity contribution in [2.75, 3.05) is 23.8 Å². The molecule has 0 amide bonds. The van der Waals surface area contributed by atoms with Gasteiger partial charge in [0.05, 0.1) is 6.61 Å². The van der Waals surface area contributed by atoms with Crippen LogP contribution in [-0.4, -0.2) is 34.1 Å². The van der Waals surface area contributed by atoms with Gasteiger partial charge in [-0.2, -0.15) is 15.0 Å². The third-order valence-electron chi connectivity index (χ3n) is 3.72. The highest BCUT2D eigenvalue weighted by Gasteiger charge is 2.31. The van der Waals surface area contributed by atoms with E-state index in [-0.39, 0.29) is 0 Å². The van der Waals surface area contributed by atoms with Crippen LogP contribution in [0.15, 0.2) is 0 Å². The number of anilines is 2. The van der Waals surface area contributed by atoms with Gasteiger partial charge in [-0.15, -0.1) is 0 Å². The van der Waals surface area contributed by atoms with Gasteiger partial charge in [-0.3, -0.25) is 0 Å². The molecular weight excluding hydrogens is 266 g/mol. The van der Waals surface area contributed by atoms with Gasteiger partial charge in [0.15, 0.2) is 0 Å². The first kappa shape index (κ1) is 15.8. The van der Waals surface area contributed by atoms with Gasteiger partial charge < -0.3 is 15.4 Å². The molecule has 1 aromatic heterocycles. The molecule has 0 aromatic carbocycles. The smallest absolute Gasteiger partial charge is 0.323 e. The lowest BCUT2D eigenvalue weighted by Crippen LogP contribution is -2.20. The molecule has 1 saturated carbocycles. The third kappa shape index (κ3) is 4.72. The quantitative estimate of drug-likeness (QED) is 0.805. The number of hydrogen-bond acceptors (Lipinski definition) is 6. The fourth-order valence-corrected chi connectivity index (χ4v) is 2.67. The topological polar surface area (TPSA) is 72.0 Å². The summed E-state index contributed by atoms with van der Waals surface area (Å²) in [5, 5.41) is 6.62. The van der Waals surface area contributed by atoms with E-state index in [9.17, 15) is 0 Å². The first-order chi connectivity index (χ1) is 10.0. The minimum Gasteiger partial charge on any atom is -0.464 e. The van der Waals surface area contributed by atoms with E-state index in [1.165, 1.54) is 6.42 Å². The molecule has 1 aromatic rings. The van der Waals surface area contributed by atoms with E-state index in [2.05, 4.69) is 46.4 Å². The number of nitrogens with zero attached hydrogens (tertiary/aromatic N) is 3. The van der Waals surface area contributed by atoms with Crippen molar-refractivity contribution in [2.45, 2.75) is 59.4 Å². The monoisotopic (exact) mass is 293 g/mol. The number of ether oxygens (including phenoxy) is 1. The Balaban J connectivity index is 2.08. The maximum absolute atomic E-state index is 5.43. The van der Waals surface area contributed by atoms with Crippen molar-refractivity contribution in [1.29, 1.82) is 0 Å². The second-order valence-electron chi connectivity index (χ2n) is 6.37. The molecule has 0 saturated heterocycles. The van der Waals surface area contributed by atoms with Gasteiger partial charge in [0, 0.05) is 12.6 Å². The van der Waals surface area contributed by atoms with E-state index >= 15 is 0 Å². The molecule has 6 heteroatoms. The maximum atomic E-state index is 5.43. The highest BCUT2D eigenvalue weighted by atomic mass is 16.5. The number of aromatic nitrogens is 3. The van der Waals surface area contributed by atoms with Gasteiger partial charge in [0.2, 0.25) is 11.9 Å². The van der Waals surface area contributed by atoms with Crippen LogP contribution < -0.4 is 15.4 Å². The summed E-state index contributed by atoms with van der Waals surface area (Å²) in [7, 11) is 0. The highest BCUT2D eigenvalue weighted by Crippen LogP contribution is 2.38. The van der Waals surface area contributed by atoms with Gasteiger partial charge in [-0.05, 0) is 38.0 Å². The Morgan fingerprint density at radius 3 is 2.57 bits per heavy atom. The van der Waals surface area contributed by atoms with E-state index < -0.39 is 0 Å². The van der Waals surface area contributed by atoms with E-state index in [0.717, 1.165) is 25.8 Å². The SMILES string of the molecule is CCCNc1nc(NC2CCC(C)(C)C2)nc(OCC)n1. The Labute approximate surface area is 127 Å². The molecule has 0 bridgehead atoms. The minimum absolute atomic E-state index is 0.380. The lowest BCUT2D eigenvalue weighted by molar-refractivity contribution is 0.312. The molecular formula is C15H27N5O. The van der Waals surface area contributed by atoms with Crippen molar-refractivity contribution in [2.24, 2.45) is 5.41 Å². The average molecular weight is 293 g/mol. The molecule has 1 atom stereocenters. The summed E-state index contributed by atoms with van der Waals surface area (Å²) in [6.45, 7) is 10.0. The first-order valence-electron chi connectivity index (χ1n) is 7.91. The molecule has 21 heavy (non-hydrogen) atoms. The Morgan fingerprint density at radius 2 is 1.95 bits per heavy atom. The summed E-state index contributed by atoms with van der Waals surface area (Å²) < 4.78 is 5.43. The van der Waals surface area contributed by atoms with Gasteiger partial charge in [0.25, 0.3) is 0 Å². The zero-order valence-electron chi connectivity index (χ0n) is 13.6. The van der Waals surface area contributed by atoms with Crippen molar-refractivity contribution >= 4 is 11.9 Å². The van der Waals surface area contributed by atoms with Crippen molar-refractivity contribution in [1.82, 2.24) is 15.0 Å². The Bertz CT molecular complexity index is 463. The highest BCUT2D eigenvalue weighted by molar-refractivity contribution is 5.36. The van der Waals surface area contributed by atoms with Crippen LogP contribution in [-0.2, 0) is 0 Å². The largest absolute Gasteiger partial charge is 0.464 e. The molecule has 1 heterocycles. The van der Waals surface area contributed by atoms with E-state index in [1.807, 2.05) is 6.92 Å². The summed E-state index contributed by atoms with van der Waals surface area (Å²) in [5.41, 5.74) is 0.400. The molecule has 1 unspecified atom stereocenters. The van der Waals surface area contributed by atoms with Gasteiger partial charge >= 0.3 is 6.01 Å². The van der Waals surface area contributed by atoms with E-state index in [0.29, 0.717) is 36.0 Å². The molecule has 0 aliphatic heterocycles. The average Bonchev–Trinajstić information content (AvgIpc) is 2.76. The molecule has 6 nitrogen and oxygen atoms in total. The van der Waals surface area contributed by atoms with Gasteiger partial charge in [-0.1, -0.05) is 20.8 Å². The summed E-state index contributed by atoms with van der Waals surface area (Å²) in [4.78, 5) is 13.1. The van der Waals surface area contributed by atoms with Crippen LogP contribution >= 0.6 is 0 Å². The predicted molar refractivity (Wildman–Crippen MR) is 84.8 cm³/mol. The van der Waals surface area contributed by atoms with Crippen molar-refractivity contribution in [3.8, 4) is 6.01 Å². The maximum Gasteiger partial charge on any atom is 0.323 e. The van der Waals surface area contributed by atoms with E-state index in [1.54, 1.807) is 0 Å². The standard InChI is InChI=1S/C15H27N5O/c1-5-9-16-12-18-13(20-14(19-12)21-6-2)17-11-7-8-15(3,4)10-11/h11H,5-10H2,1-4H3,(H2,16,17,18,19,20). The lowest BCUT2D eigenvalue weighted by atomic mass is 9.92. The summed E-state index contributed by atoms with van der Waals surface area (Å²) in [5.74, 6) is 1.19. The Kier molecular flexibility index (Phi) is 5.20. The molecule has 2 rings (SSSR count). The second kappa shape index (κ2) is 6.91. The second-order valence-corrected chi connectivity index (χ2v) is 6.37. The molecule has 118 valence electrons. The van der Waals surface area contributed by atoms with Crippen LogP contribution in [0.25, 0.3) is 0 Å². The Morgan fingerprint density at radius 1 is 1.19 bits per heavy atom. The van der Waals surface area contributed by atoms with Crippen LogP contribution in [0.2, 0.25) is 0 Å². The van der Waals surface area contributed by atoms with Crippen LogP contribution in [0.1, 0.15) is 53.4 Å². The normalized spacial score (nSPS) is 20.3. The molecule has 0 spiro atoms. The predicted octanol–water partition coefficient (Wildman–Crippen LogP) is 3.08. The molecule has 1 aliphatic carbocycles. The van der Waals surface area contributed by atoms with Gasteiger partial charge in [0.1, 0.15) is 0 Å². The van der Waals surface area contributed by atoms with Crippen molar-refractivity contribution in [3.05, 3.63) is 0 Å². The number of hydrogen-bond donors (Lipinski definition) is 2. The third-order valence-corrected chi connectivity index (χ3v) is 3.72. The first-order valence-corrected chi connectivity index (χ1v) is 7.91. The molecule has 1 fully saturated rings. The minimum atomic E-state index is 0.380. The van der Waals surface area contributed by atoms with Crippen molar-refractivity contribution in [3.63, 3.8) is 0 Å². The van der Waals surface area contributed by atoms with Gasteiger partial charge in [-0.25, -0.2) is 0 Å². The van der Waals surface area contributed by atoms with Crippen LogP contribution in [0.4, 0.5) is 11.9 Å². The van der Waals surface area contributed by atoms with Crippen LogP contribution in [0.5, 0.6) is 6.01 Å². The van der Waals surface area contributed by atoms with E-state index in [4.69, 9.17) is 4.74 Å². The van der Waals surface area contributed by atoms with Crippen molar-refractivity contribution < 1.29 is 4.74 Å². The fourth-order valence-electron chi connectivity index (χ4n) is 2.67. The number of nitrogens with one attached hydrogen (secondary N) is 2. The molecule has 2 N–H and O–H groups in total. The summed E-state index contributed by atoms with van der Waals surface area (Å²) >= 11 is 0.